The summed E-state index contributed by atoms with van der Waals surface area (Å²) in [6.07, 6.45) is -8.57. The van der Waals surface area contributed by atoms with Crippen LogP contribution in [0.25, 0.3) is 0 Å². The maximum absolute atomic E-state index is 12.9. The van der Waals surface area contributed by atoms with E-state index in [1.807, 2.05) is 0 Å². The van der Waals surface area contributed by atoms with Gasteiger partial charge in [0.15, 0.2) is 6.61 Å². The van der Waals surface area contributed by atoms with Crippen molar-refractivity contribution in [2.24, 2.45) is 0 Å². The lowest BCUT2D eigenvalue weighted by Crippen LogP contribution is -2.62. The van der Waals surface area contributed by atoms with Gasteiger partial charge < -0.3 is 10.1 Å². The lowest BCUT2D eigenvalue weighted by Gasteiger charge is -2.33. The van der Waals surface area contributed by atoms with E-state index < -0.39 is 42.7 Å². The summed E-state index contributed by atoms with van der Waals surface area (Å²) in [4.78, 5) is 10.8. The molecular weight excluding hydrogens is 325 g/mol. The molecule has 0 aliphatic rings. The first kappa shape index (κ1) is 19.6. The van der Waals surface area contributed by atoms with E-state index in [9.17, 15) is 44.3 Å². The van der Waals surface area contributed by atoms with Crippen LogP contribution < -0.4 is 5.32 Å². The maximum atomic E-state index is 12.9. The van der Waals surface area contributed by atoms with Crippen molar-refractivity contribution in [2.45, 2.75) is 43.8 Å². The molecule has 3 nitrogen and oxygen atoms in total. The molecule has 0 aromatic carbocycles. The molecule has 0 aliphatic carbocycles. The number of rotatable bonds is 5. The highest BCUT2D eigenvalue weighted by molar-refractivity contribution is 5.67. The normalized spacial score (nSPS) is 14.3. The summed E-state index contributed by atoms with van der Waals surface area (Å²) in [7, 11) is 0. The number of carbonyl (C=O) groups excluding carboxylic acids is 1. The smallest absolute Gasteiger partial charge is 0.443 e. The molecule has 0 bridgehead atoms. The number of halogens is 9. The van der Waals surface area contributed by atoms with Crippen molar-refractivity contribution in [1.82, 2.24) is 5.32 Å². The number of nitrogens with one attached hydrogen (secondary N) is 1. The van der Waals surface area contributed by atoms with Gasteiger partial charge in [0, 0.05) is 6.04 Å². The molecule has 0 fully saturated rings. The minimum Gasteiger partial charge on any atom is -0.443 e. The summed E-state index contributed by atoms with van der Waals surface area (Å²) in [5.74, 6) is -19.7. The zero-order chi connectivity index (χ0) is 17.3. The van der Waals surface area contributed by atoms with Gasteiger partial charge in [-0.2, -0.15) is 39.5 Å². The van der Waals surface area contributed by atoms with Gasteiger partial charge in [0.05, 0.1) is 0 Å². The summed E-state index contributed by atoms with van der Waals surface area (Å²) in [6.45, 7) is 0.00183. The second-order valence-corrected chi connectivity index (χ2v) is 4.23. The molecule has 1 N–H and O–H groups in total. The van der Waals surface area contributed by atoms with E-state index in [2.05, 4.69) is 4.74 Å². The van der Waals surface area contributed by atoms with Crippen LogP contribution in [-0.2, 0) is 4.74 Å². The van der Waals surface area contributed by atoms with Crippen LogP contribution in [0.3, 0.4) is 0 Å². The summed E-state index contributed by atoms with van der Waals surface area (Å²) in [6, 6.07) is -0.664. The third-order valence-corrected chi connectivity index (χ3v) is 2.00. The van der Waals surface area contributed by atoms with Crippen LogP contribution in [0.2, 0.25) is 0 Å². The van der Waals surface area contributed by atoms with Gasteiger partial charge in [-0.25, -0.2) is 4.79 Å². The van der Waals surface area contributed by atoms with Gasteiger partial charge in [-0.05, 0) is 13.8 Å². The lowest BCUT2D eigenvalue weighted by molar-refractivity contribution is -0.398. The number of ether oxygens (including phenoxy) is 1. The fraction of sp³-hybridized carbons (Fsp3) is 0.889. The number of amides is 1. The van der Waals surface area contributed by atoms with Crippen LogP contribution in [0.5, 0.6) is 0 Å². The largest absolute Gasteiger partial charge is 0.460 e. The molecule has 0 aromatic rings. The molecule has 0 heterocycles. The van der Waals surface area contributed by atoms with Gasteiger partial charge in [-0.1, -0.05) is 0 Å². The Balaban J connectivity index is 5.09. The SMILES string of the molecule is CC(C)NC(=O)OCC(F)(F)C(F)(F)C(F)(F)C(F)(F)F. The van der Waals surface area contributed by atoms with Crippen molar-refractivity contribution >= 4 is 6.09 Å². The van der Waals surface area contributed by atoms with Crippen LogP contribution in [-0.4, -0.2) is 42.7 Å². The summed E-state index contributed by atoms with van der Waals surface area (Å²) >= 11 is 0. The molecule has 0 unspecified atom stereocenters. The van der Waals surface area contributed by atoms with E-state index in [-0.39, 0.29) is 0 Å². The Morgan fingerprint density at radius 2 is 1.38 bits per heavy atom. The highest BCUT2D eigenvalue weighted by Crippen LogP contribution is 2.53. The molecule has 1 amide bonds. The number of alkyl carbamates (subject to hydrolysis) is 1. The van der Waals surface area contributed by atoms with Gasteiger partial charge in [-0.3, -0.25) is 0 Å². The predicted molar refractivity (Wildman–Crippen MR) is 50.5 cm³/mol. The topological polar surface area (TPSA) is 38.3 Å². The van der Waals surface area contributed by atoms with Crippen molar-refractivity contribution < 1.29 is 49.0 Å². The molecule has 0 radical (unpaired) electrons. The molecule has 0 spiro atoms. The van der Waals surface area contributed by atoms with Crippen molar-refractivity contribution in [3.8, 4) is 0 Å². The molecule has 0 saturated heterocycles. The van der Waals surface area contributed by atoms with E-state index >= 15 is 0 Å². The molecular formula is C9H10F9NO2. The van der Waals surface area contributed by atoms with Gasteiger partial charge >= 0.3 is 30.0 Å². The average Bonchev–Trinajstić information content (AvgIpc) is 2.23. The van der Waals surface area contributed by atoms with Gasteiger partial charge in [0.1, 0.15) is 0 Å². The number of hydrogen-bond acceptors (Lipinski definition) is 2. The van der Waals surface area contributed by atoms with Gasteiger partial charge in [0.2, 0.25) is 0 Å². The summed E-state index contributed by atoms with van der Waals surface area (Å²) in [5, 5.41) is 1.79. The van der Waals surface area contributed by atoms with Gasteiger partial charge in [-0.15, -0.1) is 0 Å². The molecule has 0 aliphatic heterocycles. The quantitative estimate of drug-likeness (QED) is 0.780. The van der Waals surface area contributed by atoms with E-state index in [1.54, 1.807) is 5.32 Å². The highest BCUT2D eigenvalue weighted by atomic mass is 19.4. The second-order valence-electron chi connectivity index (χ2n) is 4.23. The number of hydrogen-bond donors (Lipinski definition) is 1. The highest BCUT2D eigenvalue weighted by Gasteiger charge is 2.81. The van der Waals surface area contributed by atoms with Crippen LogP contribution in [0, 0.1) is 0 Å². The van der Waals surface area contributed by atoms with E-state index in [4.69, 9.17) is 0 Å². The van der Waals surface area contributed by atoms with Crippen molar-refractivity contribution in [3.63, 3.8) is 0 Å². The van der Waals surface area contributed by atoms with Gasteiger partial charge in [0.25, 0.3) is 0 Å². The molecule has 126 valence electrons. The fourth-order valence-corrected chi connectivity index (χ4v) is 0.932. The third-order valence-electron chi connectivity index (χ3n) is 2.00. The average molecular weight is 335 g/mol. The van der Waals surface area contributed by atoms with E-state index in [1.165, 1.54) is 13.8 Å². The predicted octanol–water partition coefficient (Wildman–Crippen LogP) is 3.59. The standard InChI is InChI=1S/C9H10F9NO2/c1-4(2)19-5(20)21-3-6(10,11)7(12,13)8(14,15)9(16,17)18/h4H,3H2,1-2H3,(H,19,20). The lowest BCUT2D eigenvalue weighted by atomic mass is 10.0. The number of alkyl halides is 9. The fourth-order valence-electron chi connectivity index (χ4n) is 0.932. The molecule has 0 atom stereocenters. The Hall–Kier alpha value is -1.36. The summed E-state index contributed by atoms with van der Waals surface area (Å²) < 4.78 is 115. The first-order valence-corrected chi connectivity index (χ1v) is 5.19. The zero-order valence-corrected chi connectivity index (χ0v) is 10.5. The van der Waals surface area contributed by atoms with Crippen molar-refractivity contribution in [3.05, 3.63) is 0 Å². The molecule has 0 saturated carbocycles. The molecule has 0 aromatic heterocycles. The Labute approximate surface area is 112 Å². The Bertz CT molecular complexity index is 378. The van der Waals surface area contributed by atoms with Crippen LogP contribution in [0.1, 0.15) is 13.8 Å². The van der Waals surface area contributed by atoms with Crippen LogP contribution in [0.4, 0.5) is 44.3 Å². The third kappa shape index (κ3) is 4.06. The van der Waals surface area contributed by atoms with E-state index in [0.29, 0.717) is 0 Å². The van der Waals surface area contributed by atoms with E-state index in [0.717, 1.165) is 0 Å². The number of carbonyl (C=O) groups is 1. The zero-order valence-electron chi connectivity index (χ0n) is 10.5. The van der Waals surface area contributed by atoms with Crippen LogP contribution >= 0.6 is 0 Å². The first-order chi connectivity index (χ1) is 9.06. The minimum absolute atomic E-state index is 0.664. The Morgan fingerprint density at radius 3 is 1.71 bits per heavy atom. The minimum atomic E-state index is -7.00. The Kier molecular flexibility index (Phi) is 5.42. The Morgan fingerprint density at radius 1 is 0.952 bits per heavy atom. The monoisotopic (exact) mass is 335 g/mol. The summed E-state index contributed by atoms with van der Waals surface area (Å²) in [5.41, 5.74) is 0. The van der Waals surface area contributed by atoms with Crippen molar-refractivity contribution in [1.29, 1.82) is 0 Å². The molecule has 0 rings (SSSR count). The first-order valence-electron chi connectivity index (χ1n) is 5.19. The van der Waals surface area contributed by atoms with Crippen LogP contribution in [0.15, 0.2) is 0 Å². The maximum Gasteiger partial charge on any atom is 0.460 e. The van der Waals surface area contributed by atoms with Crippen molar-refractivity contribution in [2.75, 3.05) is 6.61 Å². The molecule has 21 heavy (non-hydrogen) atoms. The second kappa shape index (κ2) is 5.79. The molecule has 12 heteroatoms.